The molecule has 0 bridgehead atoms. The van der Waals surface area contributed by atoms with Gasteiger partial charge in [0.1, 0.15) is 17.3 Å². The number of carbonyl (C=O) groups excluding carboxylic acids is 1. The molecule has 1 heterocycles. The number of Topliss-reactive ketones (excluding diaryl/α,β-unsaturated/α-hetero) is 1. The van der Waals surface area contributed by atoms with Gasteiger partial charge in [0, 0.05) is 23.6 Å². The fourth-order valence-corrected chi connectivity index (χ4v) is 4.27. The fourth-order valence-electron chi connectivity index (χ4n) is 4.27. The zero-order valence-electron chi connectivity index (χ0n) is 16.7. The number of rotatable bonds is 5. The van der Waals surface area contributed by atoms with Crippen molar-refractivity contribution in [2.45, 2.75) is 24.4 Å². The Morgan fingerprint density at radius 2 is 1.31 bits per heavy atom. The van der Waals surface area contributed by atoms with E-state index in [1.807, 2.05) is 78.9 Å². The van der Waals surface area contributed by atoms with Gasteiger partial charge in [-0.25, -0.2) is 0 Å². The molecule has 4 rings (SSSR count). The Hall–Kier alpha value is -3.11. The number of para-hydroxylation sites is 2. The lowest BCUT2D eigenvalue weighted by atomic mass is 9.77. The number of hydrogen-bond donors (Lipinski definition) is 1. The van der Waals surface area contributed by atoms with E-state index in [-0.39, 0.29) is 23.8 Å². The molecule has 1 aliphatic heterocycles. The number of nitrogens with one attached hydrogen (secondary N) is 1. The number of hydrogen-bond acceptors (Lipinski definition) is 4. The summed E-state index contributed by atoms with van der Waals surface area (Å²) in [6.45, 7) is 0. The first-order valence-electron chi connectivity index (χ1n) is 9.82. The van der Waals surface area contributed by atoms with Crippen LogP contribution in [0.5, 0.6) is 11.5 Å². The lowest BCUT2D eigenvalue weighted by Crippen LogP contribution is -2.41. The average Bonchev–Trinajstić information content (AvgIpc) is 2.79. The van der Waals surface area contributed by atoms with E-state index in [9.17, 15) is 4.79 Å². The minimum atomic E-state index is -0.279. The van der Waals surface area contributed by atoms with Crippen LogP contribution in [0.2, 0.25) is 0 Å². The van der Waals surface area contributed by atoms with Gasteiger partial charge in [0.05, 0.1) is 26.2 Å². The minimum Gasteiger partial charge on any atom is -0.496 e. The lowest BCUT2D eigenvalue weighted by Gasteiger charge is -2.38. The molecule has 0 spiro atoms. The quantitative estimate of drug-likeness (QED) is 0.681. The monoisotopic (exact) mass is 387 g/mol. The highest BCUT2D eigenvalue weighted by molar-refractivity contribution is 5.88. The summed E-state index contributed by atoms with van der Waals surface area (Å²) in [7, 11) is 3.33. The maximum atomic E-state index is 13.4. The predicted octanol–water partition coefficient (Wildman–Crippen LogP) is 4.83. The summed E-state index contributed by atoms with van der Waals surface area (Å²) in [5.41, 5.74) is 2.99. The molecular weight excluding hydrogens is 362 g/mol. The standard InChI is InChI=1S/C25H25NO3/c1-28-22-14-8-6-12-18(22)20-16-21(27)24(17-10-4-3-5-11-17)25(26-20)19-13-7-9-15-23(19)29-2/h3-15,20,24-26H,16H2,1-2H3/t20-,24+,25-/m1/s1. The molecular formula is C25H25NO3. The van der Waals surface area contributed by atoms with Crippen LogP contribution in [0.1, 0.15) is 41.1 Å². The van der Waals surface area contributed by atoms with Gasteiger partial charge >= 0.3 is 0 Å². The maximum absolute atomic E-state index is 13.4. The third-order valence-corrected chi connectivity index (χ3v) is 5.61. The van der Waals surface area contributed by atoms with Crippen molar-refractivity contribution >= 4 is 5.78 Å². The van der Waals surface area contributed by atoms with Crippen molar-refractivity contribution in [1.29, 1.82) is 0 Å². The van der Waals surface area contributed by atoms with Crippen molar-refractivity contribution in [2.75, 3.05) is 14.2 Å². The zero-order chi connectivity index (χ0) is 20.2. The molecule has 1 aliphatic rings. The summed E-state index contributed by atoms with van der Waals surface area (Å²) in [5, 5.41) is 3.73. The normalized spacial score (nSPS) is 21.6. The zero-order valence-corrected chi connectivity index (χ0v) is 16.7. The lowest BCUT2D eigenvalue weighted by molar-refractivity contribution is -0.123. The second kappa shape index (κ2) is 8.50. The van der Waals surface area contributed by atoms with Crippen LogP contribution in [0.3, 0.4) is 0 Å². The van der Waals surface area contributed by atoms with E-state index in [2.05, 4.69) is 5.32 Å². The van der Waals surface area contributed by atoms with E-state index in [4.69, 9.17) is 9.47 Å². The molecule has 3 aromatic rings. The highest BCUT2D eigenvalue weighted by Crippen LogP contribution is 2.44. The molecule has 0 aliphatic carbocycles. The largest absolute Gasteiger partial charge is 0.496 e. The van der Waals surface area contributed by atoms with E-state index in [0.29, 0.717) is 6.42 Å². The van der Waals surface area contributed by atoms with Gasteiger partial charge in [-0.1, -0.05) is 66.7 Å². The summed E-state index contributed by atoms with van der Waals surface area (Å²) < 4.78 is 11.2. The number of piperidine rings is 1. The first-order valence-corrected chi connectivity index (χ1v) is 9.82. The van der Waals surface area contributed by atoms with E-state index in [1.54, 1.807) is 14.2 Å². The van der Waals surface area contributed by atoms with E-state index in [1.165, 1.54) is 0 Å². The van der Waals surface area contributed by atoms with Crippen LogP contribution in [-0.4, -0.2) is 20.0 Å². The van der Waals surface area contributed by atoms with Crippen LogP contribution in [0.15, 0.2) is 78.9 Å². The van der Waals surface area contributed by atoms with Crippen molar-refractivity contribution in [3.8, 4) is 11.5 Å². The van der Waals surface area contributed by atoms with Crippen molar-refractivity contribution in [3.05, 3.63) is 95.6 Å². The Morgan fingerprint density at radius 3 is 1.97 bits per heavy atom. The molecule has 0 amide bonds. The van der Waals surface area contributed by atoms with Gasteiger partial charge in [0.2, 0.25) is 0 Å². The molecule has 3 atom stereocenters. The Kier molecular flexibility index (Phi) is 5.63. The van der Waals surface area contributed by atoms with Crippen LogP contribution in [0.25, 0.3) is 0 Å². The van der Waals surface area contributed by atoms with Crippen molar-refractivity contribution in [3.63, 3.8) is 0 Å². The van der Waals surface area contributed by atoms with Crippen LogP contribution in [-0.2, 0) is 4.79 Å². The smallest absolute Gasteiger partial charge is 0.144 e. The molecule has 148 valence electrons. The van der Waals surface area contributed by atoms with Gasteiger partial charge in [-0.15, -0.1) is 0 Å². The first-order chi connectivity index (χ1) is 14.2. The van der Waals surface area contributed by atoms with Crippen molar-refractivity contribution in [1.82, 2.24) is 5.32 Å². The molecule has 0 unspecified atom stereocenters. The van der Waals surface area contributed by atoms with Crippen molar-refractivity contribution in [2.24, 2.45) is 0 Å². The van der Waals surface area contributed by atoms with Crippen LogP contribution >= 0.6 is 0 Å². The average molecular weight is 387 g/mol. The van der Waals surface area contributed by atoms with Gasteiger partial charge in [0.15, 0.2) is 0 Å². The molecule has 3 aromatic carbocycles. The highest BCUT2D eigenvalue weighted by atomic mass is 16.5. The van der Waals surface area contributed by atoms with Gasteiger partial charge in [-0.3, -0.25) is 4.79 Å². The predicted molar refractivity (Wildman–Crippen MR) is 113 cm³/mol. The van der Waals surface area contributed by atoms with Gasteiger partial charge in [-0.05, 0) is 17.7 Å². The molecule has 4 nitrogen and oxygen atoms in total. The second-order valence-electron chi connectivity index (χ2n) is 7.24. The molecule has 0 radical (unpaired) electrons. The second-order valence-corrected chi connectivity index (χ2v) is 7.24. The minimum absolute atomic E-state index is 0.131. The molecule has 29 heavy (non-hydrogen) atoms. The number of benzene rings is 3. The Bertz CT molecular complexity index is 986. The Balaban J connectivity index is 1.80. The maximum Gasteiger partial charge on any atom is 0.144 e. The van der Waals surface area contributed by atoms with E-state index in [0.717, 1.165) is 28.2 Å². The Labute approximate surface area is 171 Å². The van der Waals surface area contributed by atoms with E-state index >= 15 is 0 Å². The van der Waals surface area contributed by atoms with E-state index < -0.39 is 0 Å². The van der Waals surface area contributed by atoms with Crippen LogP contribution in [0.4, 0.5) is 0 Å². The molecule has 0 saturated carbocycles. The molecule has 4 heteroatoms. The summed E-state index contributed by atoms with van der Waals surface area (Å²) in [5.74, 6) is 1.49. The van der Waals surface area contributed by atoms with Crippen LogP contribution < -0.4 is 14.8 Å². The molecule has 1 fully saturated rings. The molecule has 0 aromatic heterocycles. The Morgan fingerprint density at radius 1 is 0.759 bits per heavy atom. The SMILES string of the molecule is COc1ccccc1[C@H]1N[C@@H](c2ccccc2OC)CC(=O)[C@@H]1c1ccccc1. The topological polar surface area (TPSA) is 47.6 Å². The summed E-state index contributed by atoms with van der Waals surface area (Å²) in [6, 6.07) is 25.4. The van der Waals surface area contributed by atoms with Gasteiger partial charge in [-0.2, -0.15) is 0 Å². The highest BCUT2D eigenvalue weighted by Gasteiger charge is 2.40. The summed E-state index contributed by atoms with van der Waals surface area (Å²) in [6.07, 6.45) is 0.408. The number of carbonyl (C=O) groups is 1. The number of methoxy groups -OCH3 is 2. The van der Waals surface area contributed by atoms with Gasteiger partial charge < -0.3 is 14.8 Å². The summed E-state index contributed by atoms with van der Waals surface area (Å²) in [4.78, 5) is 13.4. The summed E-state index contributed by atoms with van der Waals surface area (Å²) >= 11 is 0. The number of ether oxygens (including phenoxy) is 2. The van der Waals surface area contributed by atoms with Crippen LogP contribution in [0, 0.1) is 0 Å². The molecule has 1 N–H and O–H groups in total. The fraction of sp³-hybridized carbons (Fsp3) is 0.240. The third kappa shape index (κ3) is 3.76. The molecule has 1 saturated heterocycles. The first kappa shape index (κ1) is 19.2. The van der Waals surface area contributed by atoms with Crippen molar-refractivity contribution < 1.29 is 14.3 Å². The van der Waals surface area contributed by atoms with Gasteiger partial charge in [0.25, 0.3) is 0 Å². The number of ketones is 1. The third-order valence-electron chi connectivity index (χ3n) is 5.61.